The van der Waals surface area contributed by atoms with Crippen molar-refractivity contribution in [3.05, 3.63) is 28.6 Å². The van der Waals surface area contributed by atoms with Gasteiger partial charge in [0.2, 0.25) is 0 Å². The summed E-state index contributed by atoms with van der Waals surface area (Å²) in [6, 6.07) is 0. The minimum atomic E-state index is -2.57. The standard InChI is InChI=1S/C9H11F2NO/c1-5-3-12-6(2)8(9(10)11)7(5)4-13/h3,9,13H,4H2,1-2H3. The molecule has 1 N–H and O–H groups in total. The number of alkyl halides is 2. The zero-order valence-electron chi connectivity index (χ0n) is 7.51. The van der Waals surface area contributed by atoms with Gasteiger partial charge >= 0.3 is 0 Å². The largest absolute Gasteiger partial charge is 0.392 e. The van der Waals surface area contributed by atoms with E-state index in [1.165, 1.54) is 13.1 Å². The topological polar surface area (TPSA) is 33.1 Å². The molecule has 1 aromatic heterocycles. The number of nitrogens with zero attached hydrogens (tertiary/aromatic N) is 1. The first-order valence-corrected chi connectivity index (χ1v) is 3.92. The molecule has 0 aliphatic rings. The molecule has 1 heterocycles. The van der Waals surface area contributed by atoms with Crippen LogP contribution in [0.1, 0.15) is 28.8 Å². The van der Waals surface area contributed by atoms with Crippen LogP contribution in [0, 0.1) is 13.8 Å². The first-order chi connectivity index (χ1) is 6.07. The van der Waals surface area contributed by atoms with Gasteiger partial charge < -0.3 is 5.11 Å². The highest BCUT2D eigenvalue weighted by Gasteiger charge is 2.17. The van der Waals surface area contributed by atoms with Gasteiger partial charge in [0.15, 0.2) is 0 Å². The molecular weight excluding hydrogens is 176 g/mol. The van der Waals surface area contributed by atoms with Gasteiger partial charge in [0, 0.05) is 17.5 Å². The van der Waals surface area contributed by atoms with Crippen LogP contribution in [0.25, 0.3) is 0 Å². The minimum Gasteiger partial charge on any atom is -0.392 e. The molecule has 1 aromatic rings. The summed E-state index contributed by atoms with van der Waals surface area (Å²) in [7, 11) is 0. The van der Waals surface area contributed by atoms with Gasteiger partial charge in [-0.15, -0.1) is 0 Å². The zero-order chi connectivity index (χ0) is 10.0. The molecule has 0 fully saturated rings. The van der Waals surface area contributed by atoms with E-state index in [0.717, 1.165) is 0 Å². The minimum absolute atomic E-state index is 0.137. The Hall–Kier alpha value is -1.03. The Morgan fingerprint density at radius 3 is 2.46 bits per heavy atom. The van der Waals surface area contributed by atoms with Crippen molar-refractivity contribution in [2.75, 3.05) is 0 Å². The second kappa shape index (κ2) is 3.79. The molecule has 0 spiro atoms. The summed E-state index contributed by atoms with van der Waals surface area (Å²) in [5.74, 6) is 0. The van der Waals surface area contributed by atoms with Crippen molar-refractivity contribution in [1.82, 2.24) is 4.98 Å². The van der Waals surface area contributed by atoms with Gasteiger partial charge in [-0.2, -0.15) is 0 Å². The number of pyridine rings is 1. The number of hydrogen-bond acceptors (Lipinski definition) is 2. The predicted molar refractivity (Wildman–Crippen MR) is 44.6 cm³/mol. The van der Waals surface area contributed by atoms with Crippen LogP contribution in [0.5, 0.6) is 0 Å². The van der Waals surface area contributed by atoms with E-state index in [0.29, 0.717) is 11.1 Å². The molecule has 0 aromatic carbocycles. The lowest BCUT2D eigenvalue weighted by Gasteiger charge is -2.11. The molecule has 4 heteroatoms. The SMILES string of the molecule is Cc1cnc(C)c(C(F)F)c1CO. The van der Waals surface area contributed by atoms with Crippen LogP contribution < -0.4 is 0 Å². The van der Waals surface area contributed by atoms with Crippen LogP contribution in [-0.4, -0.2) is 10.1 Å². The van der Waals surface area contributed by atoms with E-state index in [-0.39, 0.29) is 17.9 Å². The smallest absolute Gasteiger partial charge is 0.265 e. The Kier molecular flexibility index (Phi) is 2.93. The summed E-state index contributed by atoms with van der Waals surface area (Å²) in [5, 5.41) is 8.91. The average molecular weight is 187 g/mol. The molecule has 0 radical (unpaired) electrons. The number of aliphatic hydroxyl groups excluding tert-OH is 1. The molecule has 0 aliphatic carbocycles. The van der Waals surface area contributed by atoms with Gasteiger partial charge in [0.25, 0.3) is 6.43 Å². The third-order valence-corrected chi connectivity index (χ3v) is 2.02. The summed E-state index contributed by atoms with van der Waals surface area (Å²) < 4.78 is 25.0. The molecular formula is C9H11F2NO. The first kappa shape index (κ1) is 10.1. The average Bonchev–Trinajstić information content (AvgIpc) is 2.07. The molecule has 72 valence electrons. The van der Waals surface area contributed by atoms with Gasteiger partial charge in [0.05, 0.1) is 6.61 Å². The maximum absolute atomic E-state index is 12.5. The monoisotopic (exact) mass is 187 g/mol. The maximum atomic E-state index is 12.5. The zero-order valence-corrected chi connectivity index (χ0v) is 7.51. The molecule has 0 saturated carbocycles. The van der Waals surface area contributed by atoms with E-state index in [4.69, 9.17) is 5.11 Å². The van der Waals surface area contributed by atoms with Gasteiger partial charge in [-0.25, -0.2) is 8.78 Å². The highest BCUT2D eigenvalue weighted by molar-refractivity contribution is 5.35. The summed E-state index contributed by atoms with van der Waals surface area (Å²) >= 11 is 0. The molecule has 0 bridgehead atoms. The lowest BCUT2D eigenvalue weighted by molar-refractivity contribution is 0.145. The van der Waals surface area contributed by atoms with Gasteiger partial charge in [0.1, 0.15) is 0 Å². The highest BCUT2D eigenvalue weighted by atomic mass is 19.3. The molecule has 0 atom stereocenters. The van der Waals surface area contributed by atoms with E-state index in [2.05, 4.69) is 4.98 Å². The fourth-order valence-electron chi connectivity index (χ4n) is 1.27. The van der Waals surface area contributed by atoms with Gasteiger partial charge in [-0.05, 0) is 25.0 Å². The molecule has 1 rings (SSSR count). The molecule has 2 nitrogen and oxygen atoms in total. The van der Waals surface area contributed by atoms with Crippen LogP contribution in [-0.2, 0) is 6.61 Å². The Bertz CT molecular complexity index is 313. The van der Waals surface area contributed by atoms with Crippen LogP contribution in [0.4, 0.5) is 8.78 Å². The predicted octanol–water partition coefficient (Wildman–Crippen LogP) is 2.13. The molecule has 0 amide bonds. The number of aliphatic hydroxyl groups is 1. The number of halogens is 2. The van der Waals surface area contributed by atoms with E-state index in [9.17, 15) is 8.78 Å². The third-order valence-electron chi connectivity index (χ3n) is 2.02. The van der Waals surface area contributed by atoms with Gasteiger partial charge in [-0.1, -0.05) is 0 Å². The molecule has 13 heavy (non-hydrogen) atoms. The van der Waals surface area contributed by atoms with Gasteiger partial charge in [-0.3, -0.25) is 4.98 Å². The Morgan fingerprint density at radius 2 is 2.08 bits per heavy atom. The normalized spacial score (nSPS) is 10.9. The van der Waals surface area contributed by atoms with Crippen LogP contribution >= 0.6 is 0 Å². The fourth-order valence-corrected chi connectivity index (χ4v) is 1.27. The quantitative estimate of drug-likeness (QED) is 0.769. The second-order valence-electron chi connectivity index (χ2n) is 2.88. The van der Waals surface area contributed by atoms with E-state index in [1.807, 2.05) is 0 Å². The molecule has 0 aliphatic heterocycles. The lowest BCUT2D eigenvalue weighted by Crippen LogP contribution is -2.03. The van der Waals surface area contributed by atoms with Crippen molar-refractivity contribution in [2.24, 2.45) is 0 Å². The van der Waals surface area contributed by atoms with Crippen molar-refractivity contribution < 1.29 is 13.9 Å². The number of aromatic nitrogens is 1. The second-order valence-corrected chi connectivity index (χ2v) is 2.88. The van der Waals surface area contributed by atoms with E-state index in [1.54, 1.807) is 6.92 Å². The fraction of sp³-hybridized carbons (Fsp3) is 0.444. The van der Waals surface area contributed by atoms with E-state index < -0.39 is 6.43 Å². The lowest BCUT2D eigenvalue weighted by atomic mass is 10.0. The molecule has 0 unspecified atom stereocenters. The number of aryl methyl sites for hydroxylation is 2. The van der Waals surface area contributed by atoms with Crippen molar-refractivity contribution >= 4 is 0 Å². The van der Waals surface area contributed by atoms with Crippen molar-refractivity contribution in [3.63, 3.8) is 0 Å². The maximum Gasteiger partial charge on any atom is 0.265 e. The van der Waals surface area contributed by atoms with Crippen LogP contribution in [0.2, 0.25) is 0 Å². The summed E-state index contributed by atoms with van der Waals surface area (Å²) in [6.45, 7) is 2.80. The highest BCUT2D eigenvalue weighted by Crippen LogP contribution is 2.27. The summed E-state index contributed by atoms with van der Waals surface area (Å²) in [6.07, 6.45) is -1.08. The van der Waals surface area contributed by atoms with Crippen molar-refractivity contribution in [3.8, 4) is 0 Å². The summed E-state index contributed by atoms with van der Waals surface area (Å²) in [5.41, 5.74) is 1.04. The third kappa shape index (κ3) is 1.83. The van der Waals surface area contributed by atoms with Crippen molar-refractivity contribution in [2.45, 2.75) is 26.9 Å². The van der Waals surface area contributed by atoms with E-state index >= 15 is 0 Å². The van der Waals surface area contributed by atoms with Crippen LogP contribution in [0.3, 0.4) is 0 Å². The first-order valence-electron chi connectivity index (χ1n) is 3.92. The number of rotatable bonds is 2. The number of hydrogen-bond donors (Lipinski definition) is 1. The summed E-state index contributed by atoms with van der Waals surface area (Å²) in [4.78, 5) is 3.82. The van der Waals surface area contributed by atoms with Crippen molar-refractivity contribution in [1.29, 1.82) is 0 Å². The Labute approximate surface area is 75.2 Å². The van der Waals surface area contributed by atoms with Crippen LogP contribution in [0.15, 0.2) is 6.20 Å². The molecule has 0 saturated heterocycles. The Morgan fingerprint density at radius 1 is 1.46 bits per heavy atom. The Balaban J connectivity index is 3.35.